The van der Waals surface area contributed by atoms with Crippen LogP contribution in [0.15, 0.2) is 18.2 Å². The Hall–Kier alpha value is -2.08. The molecule has 0 aliphatic carbocycles. The van der Waals surface area contributed by atoms with Crippen molar-refractivity contribution in [3.8, 4) is 0 Å². The highest BCUT2D eigenvalue weighted by Gasteiger charge is 2.21. The molecule has 0 saturated carbocycles. The van der Waals surface area contributed by atoms with E-state index < -0.39 is 0 Å². The number of rotatable bonds is 4. The van der Waals surface area contributed by atoms with E-state index in [-0.39, 0.29) is 11.7 Å². The largest absolute Gasteiger partial charge is 0.382 e. The summed E-state index contributed by atoms with van der Waals surface area (Å²) in [7, 11) is 1.76. The number of hydrogen-bond donors (Lipinski definition) is 2. The molecule has 0 spiro atoms. The SMILES string of the molecule is CCNc1nc(N)c(C(=O)N(C)c2ccc(C)cc2C)s1. The summed E-state index contributed by atoms with van der Waals surface area (Å²) in [5, 5.41) is 3.75. The molecule has 2 aromatic rings. The maximum Gasteiger partial charge on any atom is 0.272 e. The lowest BCUT2D eigenvalue weighted by molar-refractivity contribution is 0.0997. The lowest BCUT2D eigenvalue weighted by Gasteiger charge is -2.19. The van der Waals surface area contributed by atoms with Crippen molar-refractivity contribution in [2.75, 3.05) is 29.5 Å². The van der Waals surface area contributed by atoms with Gasteiger partial charge in [-0.1, -0.05) is 29.0 Å². The monoisotopic (exact) mass is 304 g/mol. The van der Waals surface area contributed by atoms with Crippen LogP contribution in [0.25, 0.3) is 0 Å². The maximum atomic E-state index is 12.6. The first kappa shape index (κ1) is 15.3. The maximum absolute atomic E-state index is 12.6. The molecule has 21 heavy (non-hydrogen) atoms. The molecule has 1 amide bonds. The van der Waals surface area contributed by atoms with Crippen LogP contribution in [0, 0.1) is 13.8 Å². The molecule has 112 valence electrons. The quantitative estimate of drug-likeness (QED) is 0.910. The van der Waals surface area contributed by atoms with Crippen LogP contribution in [0.1, 0.15) is 27.7 Å². The molecule has 0 unspecified atom stereocenters. The summed E-state index contributed by atoms with van der Waals surface area (Å²) < 4.78 is 0. The van der Waals surface area contributed by atoms with Gasteiger partial charge in [0.15, 0.2) is 5.13 Å². The Morgan fingerprint density at radius 2 is 2.14 bits per heavy atom. The molecule has 1 aromatic carbocycles. The zero-order valence-electron chi connectivity index (χ0n) is 12.7. The smallest absolute Gasteiger partial charge is 0.272 e. The van der Waals surface area contributed by atoms with E-state index in [1.165, 1.54) is 16.9 Å². The first-order valence-electron chi connectivity index (χ1n) is 6.79. The number of carbonyl (C=O) groups excluding carboxylic acids is 1. The highest BCUT2D eigenvalue weighted by atomic mass is 32.1. The van der Waals surface area contributed by atoms with Crippen molar-refractivity contribution in [2.24, 2.45) is 0 Å². The lowest BCUT2D eigenvalue weighted by atomic mass is 10.1. The molecule has 1 heterocycles. The van der Waals surface area contributed by atoms with E-state index in [4.69, 9.17) is 5.73 Å². The van der Waals surface area contributed by atoms with Crippen molar-refractivity contribution in [3.63, 3.8) is 0 Å². The topological polar surface area (TPSA) is 71.2 Å². The summed E-state index contributed by atoms with van der Waals surface area (Å²) in [6, 6.07) is 6.00. The fraction of sp³-hybridized carbons (Fsp3) is 0.333. The Morgan fingerprint density at radius 1 is 1.43 bits per heavy atom. The number of amides is 1. The van der Waals surface area contributed by atoms with Crippen molar-refractivity contribution >= 4 is 33.9 Å². The van der Waals surface area contributed by atoms with Gasteiger partial charge in [-0.3, -0.25) is 4.79 Å². The van der Waals surface area contributed by atoms with E-state index in [9.17, 15) is 4.79 Å². The van der Waals surface area contributed by atoms with Gasteiger partial charge >= 0.3 is 0 Å². The third-order valence-electron chi connectivity index (χ3n) is 3.19. The molecule has 0 atom stereocenters. The Labute approximate surface area is 128 Å². The molecule has 2 rings (SSSR count). The van der Waals surface area contributed by atoms with E-state index in [1.807, 2.05) is 32.9 Å². The summed E-state index contributed by atoms with van der Waals surface area (Å²) >= 11 is 1.29. The van der Waals surface area contributed by atoms with Crippen LogP contribution in [-0.2, 0) is 0 Å². The molecule has 5 nitrogen and oxygen atoms in total. The Balaban J connectivity index is 2.30. The molecular weight excluding hydrogens is 284 g/mol. The van der Waals surface area contributed by atoms with E-state index in [0.717, 1.165) is 17.8 Å². The second kappa shape index (κ2) is 6.13. The van der Waals surface area contributed by atoms with Crippen molar-refractivity contribution in [1.29, 1.82) is 0 Å². The molecule has 0 saturated heterocycles. The Bertz CT molecular complexity index is 666. The summed E-state index contributed by atoms with van der Waals surface area (Å²) in [4.78, 5) is 18.9. The zero-order valence-corrected chi connectivity index (χ0v) is 13.5. The number of aromatic nitrogens is 1. The normalized spacial score (nSPS) is 10.5. The number of aryl methyl sites for hydroxylation is 2. The van der Waals surface area contributed by atoms with Crippen molar-refractivity contribution in [1.82, 2.24) is 4.98 Å². The minimum Gasteiger partial charge on any atom is -0.382 e. The van der Waals surface area contributed by atoms with Gasteiger partial charge in [0.1, 0.15) is 10.7 Å². The van der Waals surface area contributed by atoms with Gasteiger partial charge < -0.3 is 16.0 Å². The summed E-state index contributed by atoms with van der Waals surface area (Å²) in [5.74, 6) is 0.138. The summed E-state index contributed by atoms with van der Waals surface area (Å²) in [6.45, 7) is 6.74. The van der Waals surface area contributed by atoms with Gasteiger partial charge in [0.2, 0.25) is 0 Å². The van der Waals surface area contributed by atoms with Gasteiger partial charge in [-0.2, -0.15) is 0 Å². The molecular formula is C15H20N4OS. The Kier molecular flexibility index (Phi) is 4.47. The second-order valence-corrected chi connectivity index (χ2v) is 5.92. The molecule has 0 radical (unpaired) electrons. The minimum absolute atomic E-state index is 0.138. The van der Waals surface area contributed by atoms with Gasteiger partial charge in [-0.15, -0.1) is 0 Å². The van der Waals surface area contributed by atoms with E-state index in [0.29, 0.717) is 10.0 Å². The fourth-order valence-electron chi connectivity index (χ4n) is 2.16. The van der Waals surface area contributed by atoms with Crippen LogP contribution in [0.4, 0.5) is 16.6 Å². The first-order chi connectivity index (χ1) is 9.93. The van der Waals surface area contributed by atoms with Crippen LogP contribution < -0.4 is 16.0 Å². The number of nitrogen functional groups attached to an aromatic ring is 1. The van der Waals surface area contributed by atoms with E-state index in [1.54, 1.807) is 11.9 Å². The van der Waals surface area contributed by atoms with Crippen LogP contribution in [0.5, 0.6) is 0 Å². The Morgan fingerprint density at radius 3 is 2.76 bits per heavy atom. The second-order valence-electron chi connectivity index (χ2n) is 4.92. The minimum atomic E-state index is -0.138. The van der Waals surface area contributed by atoms with Gasteiger partial charge in [0, 0.05) is 19.3 Å². The molecule has 3 N–H and O–H groups in total. The molecule has 0 aliphatic rings. The number of nitrogens with two attached hydrogens (primary N) is 1. The molecule has 0 fully saturated rings. The average molecular weight is 304 g/mol. The highest BCUT2D eigenvalue weighted by Crippen LogP contribution is 2.28. The van der Waals surface area contributed by atoms with Gasteiger partial charge in [-0.25, -0.2) is 4.98 Å². The van der Waals surface area contributed by atoms with Gasteiger partial charge in [0.05, 0.1) is 0 Å². The molecule has 1 aromatic heterocycles. The molecule has 0 aliphatic heterocycles. The van der Waals surface area contributed by atoms with E-state index >= 15 is 0 Å². The lowest BCUT2D eigenvalue weighted by Crippen LogP contribution is -2.26. The van der Waals surface area contributed by atoms with Gasteiger partial charge in [0.25, 0.3) is 5.91 Å². The van der Waals surface area contributed by atoms with Crippen molar-refractivity contribution in [2.45, 2.75) is 20.8 Å². The third-order valence-corrected chi connectivity index (χ3v) is 4.21. The highest BCUT2D eigenvalue weighted by molar-refractivity contribution is 7.18. The van der Waals surface area contributed by atoms with Crippen LogP contribution in [0.2, 0.25) is 0 Å². The number of nitrogens with zero attached hydrogens (tertiary/aromatic N) is 2. The van der Waals surface area contributed by atoms with Crippen LogP contribution >= 0.6 is 11.3 Å². The fourth-order valence-corrected chi connectivity index (χ4v) is 3.08. The number of thiazole rings is 1. The summed E-state index contributed by atoms with van der Waals surface area (Å²) in [6.07, 6.45) is 0. The average Bonchev–Trinajstić information content (AvgIpc) is 2.78. The number of hydrogen-bond acceptors (Lipinski definition) is 5. The number of benzene rings is 1. The van der Waals surface area contributed by atoms with E-state index in [2.05, 4.69) is 16.4 Å². The van der Waals surface area contributed by atoms with Crippen LogP contribution in [-0.4, -0.2) is 24.5 Å². The molecule has 0 bridgehead atoms. The first-order valence-corrected chi connectivity index (χ1v) is 7.61. The van der Waals surface area contributed by atoms with Gasteiger partial charge in [-0.05, 0) is 32.4 Å². The van der Waals surface area contributed by atoms with Crippen molar-refractivity contribution < 1.29 is 4.79 Å². The standard InChI is InChI=1S/C15H20N4OS/c1-5-17-15-18-13(16)12(21-15)14(20)19(4)11-7-6-9(2)8-10(11)3/h6-8H,5,16H2,1-4H3,(H,17,18). The molecule has 6 heteroatoms. The van der Waals surface area contributed by atoms with Crippen LogP contribution in [0.3, 0.4) is 0 Å². The summed E-state index contributed by atoms with van der Waals surface area (Å²) in [5.41, 5.74) is 8.97. The predicted octanol–water partition coefficient (Wildman–Crippen LogP) is 3.05. The van der Waals surface area contributed by atoms with Crippen molar-refractivity contribution in [3.05, 3.63) is 34.2 Å². The predicted molar refractivity (Wildman–Crippen MR) is 89.3 cm³/mol. The number of anilines is 3. The third kappa shape index (κ3) is 3.16. The number of carbonyl (C=O) groups is 1. The number of nitrogens with one attached hydrogen (secondary N) is 1. The zero-order chi connectivity index (χ0) is 15.6.